The van der Waals surface area contributed by atoms with Crippen LogP contribution >= 0.6 is 0 Å². The van der Waals surface area contributed by atoms with E-state index in [1.807, 2.05) is 55.5 Å². The predicted molar refractivity (Wildman–Crippen MR) is 109 cm³/mol. The van der Waals surface area contributed by atoms with Crippen LogP contribution in [-0.2, 0) is 11.2 Å². The zero-order valence-corrected chi connectivity index (χ0v) is 16.2. The third-order valence-corrected chi connectivity index (χ3v) is 4.43. The number of amides is 1. The highest BCUT2D eigenvalue weighted by Crippen LogP contribution is 2.28. The molecule has 0 bridgehead atoms. The fourth-order valence-electron chi connectivity index (χ4n) is 2.86. The normalized spacial score (nSPS) is 11.5. The van der Waals surface area contributed by atoms with Crippen molar-refractivity contribution < 1.29 is 14.3 Å². The number of methoxy groups -OCH3 is 2. The number of benzene rings is 2. The van der Waals surface area contributed by atoms with Crippen LogP contribution in [0.25, 0.3) is 11.1 Å². The van der Waals surface area contributed by atoms with Gasteiger partial charge < -0.3 is 9.47 Å². The lowest BCUT2D eigenvalue weighted by Crippen LogP contribution is -2.23. The van der Waals surface area contributed by atoms with Crippen molar-refractivity contribution in [1.82, 2.24) is 9.97 Å². The Morgan fingerprint density at radius 3 is 2.29 bits per heavy atom. The fraction of sp³-hybridized carbons (Fsp3) is 0.227. The van der Waals surface area contributed by atoms with Gasteiger partial charge in [-0.3, -0.25) is 10.1 Å². The van der Waals surface area contributed by atoms with E-state index < -0.39 is 0 Å². The Balaban J connectivity index is 1.63. The van der Waals surface area contributed by atoms with Crippen LogP contribution in [0.3, 0.4) is 0 Å². The van der Waals surface area contributed by atoms with Crippen molar-refractivity contribution in [3.63, 3.8) is 0 Å². The summed E-state index contributed by atoms with van der Waals surface area (Å²) in [5.41, 5.74) is 2.92. The standard InChI is InChI=1S/C22H23N3O3/c1-15(11-16-9-10-19(27-2)20(12-16)28-3)21(26)25-22-23-13-18(14-24-22)17-7-5-4-6-8-17/h4-10,12-15H,11H2,1-3H3,(H,23,24,25,26). The smallest absolute Gasteiger partial charge is 0.229 e. The third-order valence-electron chi connectivity index (χ3n) is 4.43. The summed E-state index contributed by atoms with van der Waals surface area (Å²) in [5, 5.41) is 2.77. The number of carbonyl (C=O) groups excluding carboxylic acids is 1. The molecule has 1 unspecified atom stereocenters. The molecule has 3 rings (SSSR count). The maximum absolute atomic E-state index is 12.5. The second-order valence-corrected chi connectivity index (χ2v) is 6.45. The van der Waals surface area contributed by atoms with Gasteiger partial charge in [-0.25, -0.2) is 9.97 Å². The van der Waals surface area contributed by atoms with Crippen molar-refractivity contribution in [2.24, 2.45) is 5.92 Å². The Bertz CT molecular complexity index is 928. The summed E-state index contributed by atoms with van der Waals surface area (Å²) in [4.78, 5) is 21.0. The zero-order valence-electron chi connectivity index (χ0n) is 16.2. The van der Waals surface area contributed by atoms with Crippen LogP contribution in [-0.4, -0.2) is 30.1 Å². The fourth-order valence-corrected chi connectivity index (χ4v) is 2.86. The third kappa shape index (κ3) is 4.65. The molecule has 0 aliphatic carbocycles. The lowest BCUT2D eigenvalue weighted by Gasteiger charge is -2.13. The zero-order chi connectivity index (χ0) is 19.9. The summed E-state index contributed by atoms with van der Waals surface area (Å²) >= 11 is 0. The molecular weight excluding hydrogens is 354 g/mol. The van der Waals surface area contributed by atoms with Crippen LogP contribution in [0.5, 0.6) is 11.5 Å². The summed E-state index contributed by atoms with van der Waals surface area (Å²) < 4.78 is 10.6. The molecule has 28 heavy (non-hydrogen) atoms. The van der Waals surface area contributed by atoms with Gasteiger partial charge in [0.1, 0.15) is 0 Å². The summed E-state index contributed by atoms with van der Waals surface area (Å²) in [6, 6.07) is 15.5. The first-order valence-corrected chi connectivity index (χ1v) is 9.00. The van der Waals surface area contributed by atoms with Crippen LogP contribution in [0.4, 0.5) is 5.95 Å². The van der Waals surface area contributed by atoms with Gasteiger partial charge in [0, 0.05) is 23.9 Å². The van der Waals surface area contributed by atoms with Crippen molar-refractivity contribution in [3.05, 3.63) is 66.5 Å². The molecule has 2 aromatic carbocycles. The average Bonchev–Trinajstić information content (AvgIpc) is 2.74. The van der Waals surface area contributed by atoms with E-state index in [0.29, 0.717) is 23.9 Å². The largest absolute Gasteiger partial charge is 0.493 e. The minimum Gasteiger partial charge on any atom is -0.493 e. The minimum absolute atomic E-state index is 0.137. The highest BCUT2D eigenvalue weighted by Gasteiger charge is 2.16. The molecule has 0 fully saturated rings. The number of aromatic nitrogens is 2. The number of carbonyl (C=O) groups is 1. The molecule has 1 N–H and O–H groups in total. The number of ether oxygens (including phenoxy) is 2. The number of nitrogens with one attached hydrogen (secondary N) is 1. The Morgan fingerprint density at radius 2 is 1.64 bits per heavy atom. The first-order valence-electron chi connectivity index (χ1n) is 9.00. The predicted octanol–water partition coefficient (Wildman–Crippen LogP) is 3.98. The lowest BCUT2D eigenvalue weighted by molar-refractivity contribution is -0.119. The van der Waals surface area contributed by atoms with E-state index in [4.69, 9.17) is 9.47 Å². The van der Waals surface area contributed by atoms with Gasteiger partial charge in [-0.05, 0) is 29.7 Å². The van der Waals surface area contributed by atoms with Crippen molar-refractivity contribution in [3.8, 4) is 22.6 Å². The molecule has 1 atom stereocenters. The van der Waals surface area contributed by atoms with Crippen LogP contribution in [0, 0.1) is 5.92 Å². The number of nitrogens with zero attached hydrogens (tertiary/aromatic N) is 2. The Hall–Kier alpha value is -3.41. The molecule has 0 aliphatic rings. The molecule has 0 saturated heterocycles. The van der Waals surface area contributed by atoms with Gasteiger partial charge >= 0.3 is 0 Å². The van der Waals surface area contributed by atoms with Gasteiger partial charge in [0.15, 0.2) is 11.5 Å². The van der Waals surface area contributed by atoms with Gasteiger partial charge in [0.25, 0.3) is 0 Å². The second-order valence-electron chi connectivity index (χ2n) is 6.45. The van der Waals surface area contributed by atoms with Crippen LogP contribution < -0.4 is 14.8 Å². The summed E-state index contributed by atoms with van der Waals surface area (Å²) in [5.74, 6) is 1.21. The first-order chi connectivity index (χ1) is 13.6. The SMILES string of the molecule is COc1ccc(CC(C)C(=O)Nc2ncc(-c3ccccc3)cn2)cc1OC. The topological polar surface area (TPSA) is 73.3 Å². The number of anilines is 1. The molecule has 0 saturated carbocycles. The van der Waals surface area contributed by atoms with E-state index in [1.54, 1.807) is 26.6 Å². The first kappa shape index (κ1) is 19.4. The molecule has 144 valence electrons. The summed E-state index contributed by atoms with van der Waals surface area (Å²) in [6.45, 7) is 1.87. The molecule has 0 aliphatic heterocycles. The lowest BCUT2D eigenvalue weighted by atomic mass is 10.00. The maximum Gasteiger partial charge on any atom is 0.229 e. The van der Waals surface area contributed by atoms with Crippen molar-refractivity contribution in [2.75, 3.05) is 19.5 Å². The van der Waals surface area contributed by atoms with Gasteiger partial charge in [-0.1, -0.05) is 43.3 Å². The van der Waals surface area contributed by atoms with Crippen molar-refractivity contribution >= 4 is 11.9 Å². The molecule has 6 heteroatoms. The Labute approximate surface area is 164 Å². The van der Waals surface area contributed by atoms with Gasteiger partial charge in [-0.15, -0.1) is 0 Å². The minimum atomic E-state index is -0.254. The molecule has 1 heterocycles. The summed E-state index contributed by atoms with van der Waals surface area (Å²) in [7, 11) is 3.19. The monoisotopic (exact) mass is 377 g/mol. The van der Waals surface area contributed by atoms with E-state index in [2.05, 4.69) is 15.3 Å². The molecule has 6 nitrogen and oxygen atoms in total. The quantitative estimate of drug-likeness (QED) is 0.674. The maximum atomic E-state index is 12.5. The Morgan fingerprint density at radius 1 is 0.964 bits per heavy atom. The van der Waals surface area contributed by atoms with Gasteiger partial charge in [0.2, 0.25) is 11.9 Å². The molecular formula is C22H23N3O3. The van der Waals surface area contributed by atoms with Crippen LogP contribution in [0.2, 0.25) is 0 Å². The van der Waals surface area contributed by atoms with E-state index in [9.17, 15) is 4.79 Å². The molecule has 0 radical (unpaired) electrons. The molecule has 0 spiro atoms. The van der Waals surface area contributed by atoms with E-state index in [1.165, 1.54) is 0 Å². The number of hydrogen-bond donors (Lipinski definition) is 1. The van der Waals surface area contributed by atoms with E-state index in [-0.39, 0.29) is 11.8 Å². The Kier molecular flexibility index (Phi) is 6.22. The molecule has 3 aromatic rings. The van der Waals surface area contributed by atoms with Crippen molar-refractivity contribution in [1.29, 1.82) is 0 Å². The van der Waals surface area contributed by atoms with Crippen LogP contribution in [0.15, 0.2) is 60.9 Å². The highest BCUT2D eigenvalue weighted by atomic mass is 16.5. The number of hydrogen-bond acceptors (Lipinski definition) is 5. The second kappa shape index (κ2) is 8.99. The molecule has 1 amide bonds. The van der Waals surface area contributed by atoms with E-state index in [0.717, 1.165) is 16.7 Å². The van der Waals surface area contributed by atoms with E-state index >= 15 is 0 Å². The van der Waals surface area contributed by atoms with Gasteiger partial charge in [0.05, 0.1) is 14.2 Å². The molecule has 1 aromatic heterocycles. The van der Waals surface area contributed by atoms with Gasteiger partial charge in [-0.2, -0.15) is 0 Å². The summed E-state index contributed by atoms with van der Waals surface area (Å²) in [6.07, 6.45) is 3.97. The van der Waals surface area contributed by atoms with Crippen LogP contribution in [0.1, 0.15) is 12.5 Å². The number of rotatable bonds is 7. The highest BCUT2D eigenvalue weighted by molar-refractivity contribution is 5.90. The average molecular weight is 377 g/mol. The van der Waals surface area contributed by atoms with Crippen molar-refractivity contribution in [2.45, 2.75) is 13.3 Å².